The highest BCUT2D eigenvalue weighted by atomic mass is 32.2. The summed E-state index contributed by atoms with van der Waals surface area (Å²) in [6, 6.07) is 10.2. The Morgan fingerprint density at radius 1 is 1.46 bits per heavy atom. The summed E-state index contributed by atoms with van der Waals surface area (Å²) in [5.41, 5.74) is 2.17. The summed E-state index contributed by atoms with van der Waals surface area (Å²) >= 11 is 1.45. The molecule has 1 aromatic carbocycles. The smallest absolute Gasteiger partial charge is 0.230 e. The Balaban J connectivity index is 1.55. The molecule has 1 N–H and O–H groups in total. The van der Waals surface area contributed by atoms with Crippen LogP contribution in [0.3, 0.4) is 0 Å². The van der Waals surface area contributed by atoms with E-state index in [4.69, 9.17) is 4.74 Å². The van der Waals surface area contributed by atoms with Crippen molar-refractivity contribution in [1.82, 2.24) is 14.9 Å². The van der Waals surface area contributed by atoms with E-state index < -0.39 is 0 Å². The molecule has 128 valence electrons. The van der Waals surface area contributed by atoms with Gasteiger partial charge in [-0.25, -0.2) is 4.98 Å². The maximum atomic E-state index is 12.1. The van der Waals surface area contributed by atoms with Crippen LogP contribution in [0.2, 0.25) is 0 Å². The third-order valence-corrected chi connectivity index (χ3v) is 5.30. The van der Waals surface area contributed by atoms with Crippen molar-refractivity contribution >= 4 is 17.7 Å². The second kappa shape index (κ2) is 7.85. The number of nitrogens with zero attached hydrogens (tertiary/aromatic N) is 2. The monoisotopic (exact) mass is 345 g/mol. The fraction of sp³-hybridized carbons (Fsp3) is 0.444. The van der Waals surface area contributed by atoms with Gasteiger partial charge in [0.15, 0.2) is 5.16 Å². The van der Waals surface area contributed by atoms with Crippen LogP contribution in [0.5, 0.6) is 0 Å². The minimum absolute atomic E-state index is 0.0206. The number of benzene rings is 1. The normalized spacial score (nSPS) is 18.5. The molecule has 2 aromatic rings. The molecular formula is C18H23N3O2S. The molecule has 1 fully saturated rings. The first-order valence-electron chi connectivity index (χ1n) is 8.26. The number of carbonyl (C=O) groups excluding carboxylic acids is 1. The third kappa shape index (κ3) is 3.99. The molecule has 0 saturated carbocycles. The van der Waals surface area contributed by atoms with Gasteiger partial charge in [-0.2, -0.15) is 0 Å². The number of thioether (sulfide) groups is 1. The maximum Gasteiger partial charge on any atom is 0.230 e. The molecule has 0 spiro atoms. The van der Waals surface area contributed by atoms with Crippen molar-refractivity contribution < 1.29 is 9.53 Å². The first kappa shape index (κ1) is 17.0. The lowest BCUT2D eigenvalue weighted by Gasteiger charge is -2.19. The van der Waals surface area contributed by atoms with Crippen LogP contribution in [0.15, 0.2) is 41.7 Å². The molecular weight excluding hydrogens is 322 g/mol. The second-order valence-corrected chi connectivity index (χ2v) is 6.99. The highest BCUT2D eigenvalue weighted by Crippen LogP contribution is 2.24. The highest BCUT2D eigenvalue weighted by Gasteiger charge is 2.23. The summed E-state index contributed by atoms with van der Waals surface area (Å²) in [4.78, 5) is 16.6. The molecule has 1 aliphatic heterocycles. The van der Waals surface area contributed by atoms with E-state index in [1.165, 1.54) is 11.8 Å². The summed E-state index contributed by atoms with van der Waals surface area (Å²) in [7, 11) is 1.98. The van der Waals surface area contributed by atoms with Crippen LogP contribution in [0.1, 0.15) is 19.8 Å². The lowest BCUT2D eigenvalue weighted by atomic mass is 10.1. The zero-order chi connectivity index (χ0) is 16.9. The van der Waals surface area contributed by atoms with E-state index in [0.717, 1.165) is 35.9 Å². The molecule has 0 bridgehead atoms. The molecule has 2 atom stereocenters. The molecule has 3 rings (SSSR count). The molecule has 1 aromatic heterocycles. The number of imidazole rings is 1. The summed E-state index contributed by atoms with van der Waals surface area (Å²) in [5, 5.41) is 3.87. The molecule has 6 heteroatoms. The third-order valence-electron chi connectivity index (χ3n) is 4.26. The van der Waals surface area contributed by atoms with Crippen molar-refractivity contribution in [3.05, 3.63) is 36.5 Å². The van der Waals surface area contributed by atoms with E-state index in [1.54, 1.807) is 0 Å². The Kier molecular flexibility index (Phi) is 5.58. The molecule has 2 heterocycles. The van der Waals surface area contributed by atoms with E-state index in [9.17, 15) is 4.79 Å². The molecule has 0 aliphatic carbocycles. The molecule has 24 heavy (non-hydrogen) atoms. The number of amides is 1. The zero-order valence-electron chi connectivity index (χ0n) is 14.1. The van der Waals surface area contributed by atoms with Gasteiger partial charge in [0, 0.05) is 13.7 Å². The SMILES string of the molecule is C[C@H](NC(=O)CSc1ncc(-c2ccccc2)n1C)[C@@H]1CCCO1. The van der Waals surface area contributed by atoms with Crippen LogP contribution in [0, 0.1) is 0 Å². The average Bonchev–Trinajstić information content (AvgIpc) is 3.24. The van der Waals surface area contributed by atoms with Crippen LogP contribution >= 0.6 is 11.8 Å². The van der Waals surface area contributed by atoms with Crippen molar-refractivity contribution in [3.63, 3.8) is 0 Å². The van der Waals surface area contributed by atoms with E-state index in [0.29, 0.717) is 5.75 Å². The summed E-state index contributed by atoms with van der Waals surface area (Å²) < 4.78 is 7.64. The van der Waals surface area contributed by atoms with Gasteiger partial charge in [0.2, 0.25) is 5.91 Å². The fourth-order valence-corrected chi connectivity index (χ4v) is 3.68. The van der Waals surface area contributed by atoms with Crippen molar-refractivity contribution in [2.45, 2.75) is 37.1 Å². The summed E-state index contributed by atoms with van der Waals surface area (Å²) in [6.07, 6.45) is 4.10. The molecule has 1 amide bonds. The van der Waals surface area contributed by atoms with E-state index in [2.05, 4.69) is 22.4 Å². The van der Waals surface area contributed by atoms with Crippen LogP contribution in [0.4, 0.5) is 0 Å². The van der Waals surface area contributed by atoms with Gasteiger partial charge in [-0.1, -0.05) is 42.1 Å². The largest absolute Gasteiger partial charge is 0.376 e. The maximum absolute atomic E-state index is 12.1. The lowest BCUT2D eigenvalue weighted by Crippen LogP contribution is -2.41. The van der Waals surface area contributed by atoms with Crippen molar-refractivity contribution in [2.24, 2.45) is 7.05 Å². The Bertz CT molecular complexity index is 681. The fourth-order valence-electron chi connectivity index (χ4n) is 2.92. The topological polar surface area (TPSA) is 56.2 Å². The quantitative estimate of drug-likeness (QED) is 0.818. The number of carbonyl (C=O) groups is 1. The molecule has 1 aliphatic rings. The standard InChI is InChI=1S/C18H23N3O2S/c1-13(16-9-6-10-23-16)20-17(22)12-24-18-19-11-15(21(18)2)14-7-4-3-5-8-14/h3-5,7-8,11,13,16H,6,9-10,12H2,1-2H3,(H,20,22)/t13-,16-/m0/s1. The minimum Gasteiger partial charge on any atom is -0.376 e. The van der Waals surface area contributed by atoms with Gasteiger partial charge in [0.1, 0.15) is 0 Å². The van der Waals surface area contributed by atoms with Gasteiger partial charge in [0.25, 0.3) is 0 Å². The number of rotatable bonds is 6. The van der Waals surface area contributed by atoms with Gasteiger partial charge in [-0.15, -0.1) is 0 Å². The average molecular weight is 345 g/mol. The summed E-state index contributed by atoms with van der Waals surface area (Å²) in [6.45, 7) is 2.81. The first-order valence-corrected chi connectivity index (χ1v) is 9.24. The predicted molar refractivity (Wildman–Crippen MR) is 95.9 cm³/mol. The van der Waals surface area contributed by atoms with Crippen molar-refractivity contribution in [2.75, 3.05) is 12.4 Å². The van der Waals surface area contributed by atoms with Crippen molar-refractivity contribution in [3.8, 4) is 11.3 Å². The predicted octanol–water partition coefficient (Wildman–Crippen LogP) is 2.86. The van der Waals surface area contributed by atoms with Crippen LogP contribution in [-0.2, 0) is 16.6 Å². The number of hydrogen-bond acceptors (Lipinski definition) is 4. The Hall–Kier alpha value is -1.79. The Labute approximate surface area is 146 Å². The van der Waals surface area contributed by atoms with Gasteiger partial charge < -0.3 is 14.6 Å². The highest BCUT2D eigenvalue weighted by molar-refractivity contribution is 7.99. The van der Waals surface area contributed by atoms with Crippen molar-refractivity contribution in [1.29, 1.82) is 0 Å². The Morgan fingerprint density at radius 3 is 2.96 bits per heavy atom. The molecule has 0 radical (unpaired) electrons. The number of aromatic nitrogens is 2. The lowest BCUT2D eigenvalue weighted by molar-refractivity contribution is -0.120. The van der Waals surface area contributed by atoms with E-state index >= 15 is 0 Å². The van der Waals surface area contributed by atoms with Crippen LogP contribution < -0.4 is 5.32 Å². The number of hydrogen-bond donors (Lipinski definition) is 1. The van der Waals surface area contributed by atoms with Crippen LogP contribution in [0.25, 0.3) is 11.3 Å². The first-order chi connectivity index (χ1) is 11.6. The van der Waals surface area contributed by atoms with Gasteiger partial charge in [0.05, 0.1) is 29.8 Å². The molecule has 1 saturated heterocycles. The second-order valence-electron chi connectivity index (χ2n) is 6.05. The number of ether oxygens (including phenoxy) is 1. The van der Waals surface area contributed by atoms with E-state index in [-0.39, 0.29) is 18.1 Å². The Morgan fingerprint density at radius 2 is 2.25 bits per heavy atom. The molecule has 0 unspecified atom stereocenters. The summed E-state index contributed by atoms with van der Waals surface area (Å²) in [5.74, 6) is 0.378. The van der Waals surface area contributed by atoms with Crippen LogP contribution in [-0.4, -0.2) is 40.0 Å². The van der Waals surface area contributed by atoms with Gasteiger partial charge >= 0.3 is 0 Å². The minimum atomic E-state index is 0.0206. The zero-order valence-corrected chi connectivity index (χ0v) is 14.9. The van der Waals surface area contributed by atoms with Gasteiger partial charge in [-0.3, -0.25) is 4.79 Å². The van der Waals surface area contributed by atoms with E-state index in [1.807, 2.05) is 42.9 Å². The van der Waals surface area contributed by atoms with Gasteiger partial charge in [-0.05, 0) is 25.3 Å². The molecule has 5 nitrogen and oxygen atoms in total. The number of nitrogens with one attached hydrogen (secondary N) is 1.